The first kappa shape index (κ1) is 21.5. The fraction of sp³-hybridized carbons (Fsp3) is 0.619. The first-order chi connectivity index (χ1) is 15.0. The third-order valence-electron chi connectivity index (χ3n) is 5.43. The summed E-state index contributed by atoms with van der Waals surface area (Å²) in [6.07, 6.45) is 8.37. The van der Waals surface area contributed by atoms with Gasteiger partial charge in [-0.15, -0.1) is 5.10 Å². The average Bonchev–Trinajstić information content (AvgIpc) is 3.33. The molecule has 31 heavy (non-hydrogen) atoms. The van der Waals surface area contributed by atoms with Crippen molar-refractivity contribution >= 4 is 11.6 Å². The fourth-order valence-corrected chi connectivity index (χ4v) is 3.58. The molecule has 1 fully saturated rings. The van der Waals surface area contributed by atoms with Gasteiger partial charge in [-0.1, -0.05) is 6.92 Å². The van der Waals surface area contributed by atoms with Crippen LogP contribution >= 0.6 is 0 Å². The molecule has 4 rings (SSSR count). The topological polar surface area (TPSA) is 91.4 Å². The molecule has 9 nitrogen and oxygen atoms in total. The molecule has 1 aliphatic rings. The summed E-state index contributed by atoms with van der Waals surface area (Å²) in [5, 5.41) is 11.8. The first-order valence-corrected chi connectivity index (χ1v) is 10.9. The van der Waals surface area contributed by atoms with Crippen LogP contribution in [0.4, 0.5) is 10.3 Å². The molecule has 0 amide bonds. The van der Waals surface area contributed by atoms with Gasteiger partial charge in [-0.2, -0.15) is 14.6 Å². The molecule has 0 aliphatic heterocycles. The van der Waals surface area contributed by atoms with Crippen molar-refractivity contribution in [2.75, 3.05) is 18.6 Å². The third kappa shape index (κ3) is 4.63. The summed E-state index contributed by atoms with van der Waals surface area (Å²) in [6, 6.07) is -0.387. The molecule has 0 radical (unpaired) electrons. The largest absolute Gasteiger partial charge is 0.484 e. The van der Waals surface area contributed by atoms with E-state index in [1.807, 2.05) is 20.0 Å². The second-order valence-electron chi connectivity index (χ2n) is 7.99. The molecule has 1 saturated carbocycles. The van der Waals surface area contributed by atoms with Crippen molar-refractivity contribution in [1.29, 1.82) is 0 Å². The molecule has 0 aromatic carbocycles. The van der Waals surface area contributed by atoms with Crippen LogP contribution in [0, 0.1) is 5.92 Å². The summed E-state index contributed by atoms with van der Waals surface area (Å²) < 4.78 is 28.4. The van der Waals surface area contributed by atoms with Crippen LogP contribution < -0.4 is 10.1 Å². The van der Waals surface area contributed by atoms with Gasteiger partial charge in [0.05, 0.1) is 12.2 Å². The lowest BCUT2D eigenvalue weighted by Crippen LogP contribution is -2.19. The van der Waals surface area contributed by atoms with E-state index in [1.54, 1.807) is 28.6 Å². The fourth-order valence-electron chi connectivity index (χ4n) is 3.58. The van der Waals surface area contributed by atoms with Crippen molar-refractivity contribution in [3.8, 4) is 17.0 Å². The lowest BCUT2D eigenvalue weighted by atomic mass is 10.1. The highest BCUT2D eigenvalue weighted by Crippen LogP contribution is 2.39. The average molecular weight is 432 g/mol. The van der Waals surface area contributed by atoms with Gasteiger partial charge < -0.3 is 14.8 Å². The van der Waals surface area contributed by atoms with E-state index in [1.165, 1.54) is 12.8 Å². The molecule has 1 aliphatic carbocycles. The van der Waals surface area contributed by atoms with Crippen molar-refractivity contribution < 1.29 is 13.9 Å². The smallest absolute Gasteiger partial charge is 0.243 e. The number of rotatable bonds is 11. The van der Waals surface area contributed by atoms with Crippen LogP contribution in [0.1, 0.15) is 53.2 Å². The van der Waals surface area contributed by atoms with Gasteiger partial charge in [0.2, 0.25) is 11.6 Å². The Labute approximate surface area is 181 Å². The summed E-state index contributed by atoms with van der Waals surface area (Å²) in [5.41, 5.74) is 2.01. The Morgan fingerprint density at radius 3 is 2.77 bits per heavy atom. The molecular weight excluding hydrogens is 401 g/mol. The molecule has 3 heterocycles. The lowest BCUT2D eigenvalue weighted by Gasteiger charge is -2.18. The Hall–Kier alpha value is -2.75. The predicted octanol–water partition coefficient (Wildman–Crippen LogP) is 3.88. The Kier molecular flexibility index (Phi) is 6.35. The molecule has 3 atom stereocenters. The minimum Gasteiger partial charge on any atom is -0.484 e. The molecule has 3 aromatic heterocycles. The highest BCUT2D eigenvalue weighted by molar-refractivity contribution is 5.74. The van der Waals surface area contributed by atoms with Gasteiger partial charge in [-0.05, 0) is 46.0 Å². The van der Waals surface area contributed by atoms with Crippen LogP contribution in [0.25, 0.3) is 16.9 Å². The Bertz CT molecular complexity index is 1020. The summed E-state index contributed by atoms with van der Waals surface area (Å²) in [7, 11) is 0. The molecule has 168 valence electrons. The summed E-state index contributed by atoms with van der Waals surface area (Å²) in [6.45, 7) is 7.84. The molecule has 3 aromatic rings. The number of anilines is 1. The van der Waals surface area contributed by atoms with Crippen LogP contribution in [0.3, 0.4) is 0 Å². The number of ether oxygens (including phenoxy) is 2. The minimum absolute atomic E-state index is 0.0852. The maximum Gasteiger partial charge on any atom is 0.243 e. The zero-order chi connectivity index (χ0) is 22.0. The van der Waals surface area contributed by atoms with Crippen molar-refractivity contribution in [2.45, 2.75) is 65.3 Å². The van der Waals surface area contributed by atoms with Gasteiger partial charge in [0.15, 0.2) is 5.75 Å². The molecule has 0 saturated heterocycles. The highest BCUT2D eigenvalue weighted by atomic mass is 19.1. The Morgan fingerprint density at radius 1 is 1.29 bits per heavy atom. The van der Waals surface area contributed by atoms with E-state index >= 15 is 0 Å². The lowest BCUT2D eigenvalue weighted by molar-refractivity contribution is 0.0160. The summed E-state index contributed by atoms with van der Waals surface area (Å²) in [4.78, 5) is 9.20. The first-order valence-electron chi connectivity index (χ1n) is 10.9. The van der Waals surface area contributed by atoms with Crippen LogP contribution in [0.2, 0.25) is 0 Å². The van der Waals surface area contributed by atoms with E-state index in [0.29, 0.717) is 35.6 Å². The van der Waals surface area contributed by atoms with Gasteiger partial charge in [-0.3, -0.25) is 0 Å². The zero-order valence-electron chi connectivity index (χ0n) is 18.5. The third-order valence-corrected chi connectivity index (χ3v) is 5.43. The van der Waals surface area contributed by atoms with E-state index in [0.717, 1.165) is 12.0 Å². The number of aromatic nitrogens is 6. The van der Waals surface area contributed by atoms with Crippen molar-refractivity contribution in [1.82, 2.24) is 29.4 Å². The van der Waals surface area contributed by atoms with E-state index in [-0.39, 0.29) is 18.4 Å². The van der Waals surface area contributed by atoms with Gasteiger partial charge in [0.1, 0.15) is 31.0 Å². The predicted molar refractivity (Wildman–Crippen MR) is 115 cm³/mol. The molecule has 10 heteroatoms. The quantitative estimate of drug-likeness (QED) is 0.493. The second kappa shape index (κ2) is 9.17. The van der Waals surface area contributed by atoms with Crippen LogP contribution in [0.5, 0.6) is 5.75 Å². The SMILES string of the molecule is CCOC(C)n1cc(-c2ncn3nc(N[C@@H](C)CF)nc3c2OC(CC)C2CC2)cn1. The molecule has 1 N–H and O–H groups in total. The van der Waals surface area contributed by atoms with E-state index in [2.05, 4.69) is 32.4 Å². The van der Waals surface area contributed by atoms with E-state index in [9.17, 15) is 4.39 Å². The normalized spacial score (nSPS) is 16.9. The van der Waals surface area contributed by atoms with Crippen molar-refractivity contribution in [2.24, 2.45) is 5.92 Å². The molecule has 0 spiro atoms. The molecule has 2 unspecified atom stereocenters. The Morgan fingerprint density at radius 2 is 2.10 bits per heavy atom. The second-order valence-corrected chi connectivity index (χ2v) is 7.99. The summed E-state index contributed by atoms with van der Waals surface area (Å²) >= 11 is 0. The maximum absolute atomic E-state index is 12.9. The molecular formula is C21H30FN7O2. The van der Waals surface area contributed by atoms with E-state index < -0.39 is 6.67 Å². The number of halogens is 1. The number of nitrogens with zero attached hydrogens (tertiary/aromatic N) is 6. The minimum atomic E-state index is -0.515. The van der Waals surface area contributed by atoms with Gasteiger partial charge in [0, 0.05) is 18.4 Å². The molecule has 0 bridgehead atoms. The Balaban J connectivity index is 1.75. The van der Waals surface area contributed by atoms with Crippen LogP contribution in [-0.4, -0.2) is 54.8 Å². The van der Waals surface area contributed by atoms with Crippen molar-refractivity contribution in [3.05, 3.63) is 18.7 Å². The maximum atomic E-state index is 12.9. The van der Waals surface area contributed by atoms with Crippen LogP contribution in [0.15, 0.2) is 18.7 Å². The van der Waals surface area contributed by atoms with E-state index in [4.69, 9.17) is 9.47 Å². The number of fused-ring (bicyclic) bond motifs is 1. The number of hydrogen-bond acceptors (Lipinski definition) is 7. The number of hydrogen-bond donors (Lipinski definition) is 1. The number of nitrogens with one attached hydrogen (secondary N) is 1. The van der Waals surface area contributed by atoms with Crippen molar-refractivity contribution in [3.63, 3.8) is 0 Å². The monoisotopic (exact) mass is 431 g/mol. The zero-order valence-corrected chi connectivity index (χ0v) is 18.5. The summed E-state index contributed by atoms with van der Waals surface area (Å²) in [5.74, 6) is 1.46. The van der Waals surface area contributed by atoms with Gasteiger partial charge >= 0.3 is 0 Å². The van der Waals surface area contributed by atoms with Gasteiger partial charge in [-0.25, -0.2) is 14.1 Å². The standard InChI is InChI=1S/C21H30FN7O2/c1-5-17(15-7-8-15)31-19-18(16-10-24-28(11-16)14(4)30-6-2)23-12-29-20(19)26-21(27-29)25-13(3)9-22/h10-15,17H,5-9H2,1-4H3,(H,25,27)/t13-,14?,17?/m0/s1. The van der Waals surface area contributed by atoms with Crippen LogP contribution in [-0.2, 0) is 4.74 Å². The number of alkyl halides is 1. The highest BCUT2D eigenvalue weighted by Gasteiger charge is 2.33. The van der Waals surface area contributed by atoms with Gasteiger partial charge in [0.25, 0.3) is 0 Å².